The van der Waals surface area contributed by atoms with Crippen LogP contribution in [0.5, 0.6) is 0 Å². The van der Waals surface area contributed by atoms with Crippen LogP contribution < -0.4 is 9.80 Å². The predicted molar refractivity (Wildman–Crippen MR) is 106 cm³/mol. The summed E-state index contributed by atoms with van der Waals surface area (Å²) in [6.45, 7) is 3.88. The minimum absolute atomic E-state index is 0.274. The number of piperazine rings is 2. The van der Waals surface area contributed by atoms with Crippen molar-refractivity contribution in [2.75, 3.05) is 62.2 Å². The van der Waals surface area contributed by atoms with Crippen molar-refractivity contribution in [3.8, 4) is 0 Å². The molecule has 0 aliphatic carbocycles. The number of carbonyl (C=O) groups is 2. The van der Waals surface area contributed by atoms with E-state index >= 15 is 0 Å². The van der Waals surface area contributed by atoms with Gasteiger partial charge in [0.25, 0.3) is 0 Å². The van der Waals surface area contributed by atoms with Gasteiger partial charge in [0.2, 0.25) is 5.95 Å². The molecule has 0 spiro atoms. The van der Waals surface area contributed by atoms with Crippen molar-refractivity contribution >= 4 is 23.5 Å². The fourth-order valence-corrected chi connectivity index (χ4v) is 3.69. The Balaban J connectivity index is 1.29. The molecule has 0 bridgehead atoms. The zero-order chi connectivity index (χ0) is 20.2. The van der Waals surface area contributed by atoms with E-state index in [1.165, 1.54) is 6.07 Å². The van der Waals surface area contributed by atoms with E-state index in [1.807, 2.05) is 9.80 Å². The highest BCUT2D eigenvalue weighted by Crippen LogP contribution is 2.20. The SMILES string of the molecule is O=C(C(=O)N1CCN(c2ccccc2F)CC1)N1CCN(c2ncccn2)CC1. The lowest BCUT2D eigenvalue weighted by atomic mass is 10.2. The number of aromatic nitrogens is 2. The minimum atomic E-state index is -0.484. The molecule has 1 aromatic heterocycles. The fourth-order valence-electron chi connectivity index (χ4n) is 3.69. The fraction of sp³-hybridized carbons (Fsp3) is 0.400. The van der Waals surface area contributed by atoms with E-state index in [0.717, 1.165) is 0 Å². The third kappa shape index (κ3) is 4.13. The van der Waals surface area contributed by atoms with Crippen LogP contribution in [0.15, 0.2) is 42.7 Å². The maximum absolute atomic E-state index is 14.0. The molecule has 152 valence electrons. The van der Waals surface area contributed by atoms with Crippen LogP contribution in [0.4, 0.5) is 16.0 Å². The maximum Gasteiger partial charge on any atom is 0.312 e. The second-order valence-corrected chi connectivity index (χ2v) is 7.06. The van der Waals surface area contributed by atoms with Crippen molar-refractivity contribution in [3.63, 3.8) is 0 Å². The Hall–Kier alpha value is -3.23. The molecule has 2 amide bonds. The lowest BCUT2D eigenvalue weighted by molar-refractivity contribution is -0.152. The van der Waals surface area contributed by atoms with Crippen LogP contribution in [0.2, 0.25) is 0 Å². The van der Waals surface area contributed by atoms with E-state index in [9.17, 15) is 14.0 Å². The third-order valence-electron chi connectivity index (χ3n) is 5.34. The van der Waals surface area contributed by atoms with Gasteiger partial charge in [-0.25, -0.2) is 14.4 Å². The topological polar surface area (TPSA) is 72.9 Å². The monoisotopic (exact) mass is 398 g/mol. The molecule has 2 fully saturated rings. The standard InChI is InChI=1S/C20H23FN6O2/c21-16-4-1-2-5-17(16)24-8-10-25(11-9-24)18(28)19(29)26-12-14-27(15-13-26)20-22-6-3-7-23-20/h1-7H,8-15H2. The van der Waals surface area contributed by atoms with Gasteiger partial charge in [0, 0.05) is 64.8 Å². The summed E-state index contributed by atoms with van der Waals surface area (Å²) >= 11 is 0. The summed E-state index contributed by atoms with van der Waals surface area (Å²) in [6, 6.07) is 8.36. The maximum atomic E-state index is 14.0. The van der Waals surface area contributed by atoms with Crippen molar-refractivity contribution in [2.45, 2.75) is 0 Å². The molecule has 3 heterocycles. The molecular weight excluding hydrogens is 375 g/mol. The first-order valence-corrected chi connectivity index (χ1v) is 9.73. The third-order valence-corrected chi connectivity index (χ3v) is 5.34. The summed E-state index contributed by atoms with van der Waals surface area (Å²) < 4.78 is 14.0. The van der Waals surface area contributed by atoms with Gasteiger partial charge in [0.15, 0.2) is 0 Å². The average Bonchev–Trinajstić information content (AvgIpc) is 2.79. The largest absolute Gasteiger partial charge is 0.366 e. The molecule has 2 aliphatic rings. The van der Waals surface area contributed by atoms with Gasteiger partial charge in [-0.15, -0.1) is 0 Å². The second kappa shape index (κ2) is 8.42. The molecule has 0 N–H and O–H groups in total. The Morgan fingerprint density at radius 2 is 1.24 bits per heavy atom. The number of rotatable bonds is 2. The van der Waals surface area contributed by atoms with Gasteiger partial charge >= 0.3 is 11.8 Å². The van der Waals surface area contributed by atoms with Gasteiger partial charge in [-0.3, -0.25) is 9.59 Å². The number of benzene rings is 1. The molecule has 1 aromatic carbocycles. The van der Waals surface area contributed by atoms with Crippen molar-refractivity contribution in [1.82, 2.24) is 19.8 Å². The van der Waals surface area contributed by atoms with Gasteiger partial charge in [-0.1, -0.05) is 12.1 Å². The number of hydrogen-bond donors (Lipinski definition) is 0. The van der Waals surface area contributed by atoms with Crippen LogP contribution in [0.25, 0.3) is 0 Å². The molecule has 8 nitrogen and oxygen atoms in total. The highest BCUT2D eigenvalue weighted by atomic mass is 19.1. The van der Waals surface area contributed by atoms with Crippen molar-refractivity contribution in [1.29, 1.82) is 0 Å². The van der Waals surface area contributed by atoms with Gasteiger partial charge < -0.3 is 19.6 Å². The van der Waals surface area contributed by atoms with Gasteiger partial charge in [-0.2, -0.15) is 0 Å². The highest BCUT2D eigenvalue weighted by molar-refractivity contribution is 6.35. The Labute approximate surface area is 168 Å². The molecule has 0 atom stereocenters. The van der Waals surface area contributed by atoms with Gasteiger partial charge in [0.1, 0.15) is 5.82 Å². The molecule has 0 radical (unpaired) electrons. The van der Waals surface area contributed by atoms with E-state index in [1.54, 1.807) is 46.5 Å². The van der Waals surface area contributed by atoms with Crippen molar-refractivity contribution < 1.29 is 14.0 Å². The average molecular weight is 398 g/mol. The molecule has 9 heteroatoms. The zero-order valence-corrected chi connectivity index (χ0v) is 16.1. The second-order valence-electron chi connectivity index (χ2n) is 7.06. The summed E-state index contributed by atoms with van der Waals surface area (Å²) in [5.74, 6) is -0.598. The first-order valence-electron chi connectivity index (χ1n) is 9.73. The van der Waals surface area contributed by atoms with Crippen LogP contribution in [0, 0.1) is 5.82 Å². The van der Waals surface area contributed by atoms with Gasteiger partial charge in [0.05, 0.1) is 5.69 Å². The molecule has 2 aromatic rings. The number of para-hydroxylation sites is 1. The lowest BCUT2D eigenvalue weighted by Crippen LogP contribution is -2.56. The van der Waals surface area contributed by atoms with Crippen LogP contribution >= 0.6 is 0 Å². The number of halogens is 1. The molecule has 29 heavy (non-hydrogen) atoms. The molecule has 4 rings (SSSR count). The summed E-state index contributed by atoms with van der Waals surface area (Å²) in [7, 11) is 0. The Morgan fingerprint density at radius 1 is 0.724 bits per heavy atom. The van der Waals surface area contributed by atoms with E-state index in [-0.39, 0.29) is 5.82 Å². The number of amides is 2. The lowest BCUT2D eigenvalue weighted by Gasteiger charge is -2.38. The van der Waals surface area contributed by atoms with E-state index in [2.05, 4.69) is 9.97 Å². The zero-order valence-electron chi connectivity index (χ0n) is 16.1. The number of anilines is 2. The summed E-state index contributed by atoms with van der Waals surface area (Å²) in [5.41, 5.74) is 0.533. The van der Waals surface area contributed by atoms with Crippen molar-refractivity contribution in [3.05, 3.63) is 48.5 Å². The minimum Gasteiger partial charge on any atom is -0.366 e. The van der Waals surface area contributed by atoms with E-state index in [4.69, 9.17) is 0 Å². The number of nitrogens with zero attached hydrogens (tertiary/aromatic N) is 6. The molecule has 0 unspecified atom stereocenters. The molecular formula is C20H23FN6O2. The smallest absolute Gasteiger partial charge is 0.312 e. The Bertz CT molecular complexity index is 864. The van der Waals surface area contributed by atoms with E-state index < -0.39 is 11.8 Å². The summed E-state index contributed by atoms with van der Waals surface area (Å²) in [6.07, 6.45) is 3.37. The van der Waals surface area contributed by atoms with Crippen LogP contribution in [0.1, 0.15) is 0 Å². The van der Waals surface area contributed by atoms with Gasteiger partial charge in [-0.05, 0) is 18.2 Å². The Kier molecular flexibility index (Phi) is 5.55. The normalized spacial score (nSPS) is 17.4. The van der Waals surface area contributed by atoms with Crippen LogP contribution in [-0.2, 0) is 9.59 Å². The number of hydrogen-bond acceptors (Lipinski definition) is 6. The molecule has 2 saturated heterocycles. The van der Waals surface area contributed by atoms with Crippen molar-refractivity contribution in [2.24, 2.45) is 0 Å². The molecule has 2 aliphatic heterocycles. The quantitative estimate of drug-likeness (QED) is 0.691. The summed E-state index contributed by atoms with van der Waals surface area (Å²) in [4.78, 5) is 40.8. The molecule has 0 saturated carbocycles. The first-order chi connectivity index (χ1) is 14.1. The Morgan fingerprint density at radius 3 is 1.79 bits per heavy atom. The van der Waals surface area contributed by atoms with E-state index in [0.29, 0.717) is 64.0 Å². The highest BCUT2D eigenvalue weighted by Gasteiger charge is 2.32. The summed E-state index contributed by atoms with van der Waals surface area (Å²) in [5, 5.41) is 0. The van der Waals surface area contributed by atoms with Crippen LogP contribution in [-0.4, -0.2) is 83.9 Å². The van der Waals surface area contributed by atoms with Crippen LogP contribution in [0.3, 0.4) is 0 Å². The predicted octanol–water partition coefficient (Wildman–Crippen LogP) is 0.613. The number of carbonyl (C=O) groups excluding carboxylic acids is 2. The first kappa shape index (κ1) is 19.1.